The Morgan fingerprint density at radius 2 is 1.57 bits per heavy atom. The van der Waals surface area contributed by atoms with E-state index in [-0.39, 0.29) is 0 Å². The lowest BCUT2D eigenvalue weighted by Crippen LogP contribution is -2.17. The van der Waals surface area contributed by atoms with E-state index in [1.165, 1.54) is 11.1 Å². The molecule has 21 heavy (non-hydrogen) atoms. The fraction of sp³-hybridized carbons (Fsp3) is 0.333. The average Bonchev–Trinajstić information content (AvgIpc) is 2.53. The van der Waals surface area contributed by atoms with E-state index in [0.717, 1.165) is 37.6 Å². The van der Waals surface area contributed by atoms with Gasteiger partial charge in [-0.25, -0.2) is 0 Å². The average molecular weight is 285 g/mol. The zero-order valence-corrected chi connectivity index (χ0v) is 12.8. The molecule has 0 saturated heterocycles. The quantitative estimate of drug-likeness (QED) is 0.752. The highest BCUT2D eigenvalue weighted by molar-refractivity contribution is 5.27. The van der Waals surface area contributed by atoms with Crippen LogP contribution in [0.25, 0.3) is 0 Å². The first-order valence-electron chi connectivity index (χ1n) is 7.31. The van der Waals surface area contributed by atoms with Crippen molar-refractivity contribution in [3.05, 3.63) is 59.7 Å². The molecule has 0 aliphatic carbocycles. The summed E-state index contributed by atoms with van der Waals surface area (Å²) in [6, 6.07) is 16.3. The third-order valence-electron chi connectivity index (χ3n) is 3.28. The summed E-state index contributed by atoms with van der Waals surface area (Å²) < 4.78 is 10.8. The fourth-order valence-electron chi connectivity index (χ4n) is 2.00. The maximum absolute atomic E-state index is 5.69. The van der Waals surface area contributed by atoms with E-state index >= 15 is 0 Å². The molecule has 2 aromatic rings. The topological polar surface area (TPSA) is 30.5 Å². The molecule has 0 spiro atoms. The molecule has 112 valence electrons. The van der Waals surface area contributed by atoms with Crippen molar-refractivity contribution in [2.24, 2.45) is 0 Å². The number of nitrogens with one attached hydrogen (secondary N) is 1. The third-order valence-corrected chi connectivity index (χ3v) is 3.28. The molecular weight excluding hydrogens is 262 g/mol. The first-order chi connectivity index (χ1) is 10.3. The molecule has 3 nitrogen and oxygen atoms in total. The first kappa shape index (κ1) is 15.4. The van der Waals surface area contributed by atoms with Crippen molar-refractivity contribution < 1.29 is 9.47 Å². The van der Waals surface area contributed by atoms with Gasteiger partial charge >= 0.3 is 0 Å². The predicted octanol–water partition coefficient (Wildman–Crippen LogP) is 3.56. The summed E-state index contributed by atoms with van der Waals surface area (Å²) in [6.07, 6.45) is 0.990. The smallest absolute Gasteiger partial charge is 0.119 e. The van der Waals surface area contributed by atoms with Gasteiger partial charge in [-0.1, -0.05) is 29.8 Å². The third kappa shape index (κ3) is 5.48. The molecule has 0 atom stereocenters. The van der Waals surface area contributed by atoms with Crippen LogP contribution in [0.2, 0.25) is 0 Å². The maximum Gasteiger partial charge on any atom is 0.119 e. The largest absolute Gasteiger partial charge is 0.497 e. The van der Waals surface area contributed by atoms with E-state index in [4.69, 9.17) is 9.47 Å². The standard InChI is InChI=1S/C18H23NO2/c1-15-4-8-18(9-5-15)21-13-3-12-19-14-16-6-10-17(20-2)11-7-16/h4-11,19H,3,12-14H2,1-2H3. The molecule has 0 bridgehead atoms. The van der Waals surface area contributed by atoms with Crippen molar-refractivity contribution in [3.63, 3.8) is 0 Å². The Morgan fingerprint density at radius 3 is 2.24 bits per heavy atom. The Labute approximate surface area is 126 Å². The second-order valence-corrected chi connectivity index (χ2v) is 5.04. The van der Waals surface area contributed by atoms with Gasteiger partial charge in [-0.15, -0.1) is 0 Å². The lowest BCUT2D eigenvalue weighted by molar-refractivity contribution is 0.308. The Balaban J connectivity index is 1.58. The molecule has 0 radical (unpaired) electrons. The minimum Gasteiger partial charge on any atom is -0.497 e. The molecule has 0 saturated carbocycles. The molecule has 0 aliphatic rings. The van der Waals surface area contributed by atoms with Gasteiger partial charge < -0.3 is 14.8 Å². The summed E-state index contributed by atoms with van der Waals surface area (Å²) in [7, 11) is 1.68. The van der Waals surface area contributed by atoms with Crippen molar-refractivity contribution >= 4 is 0 Å². The minimum absolute atomic E-state index is 0.735. The van der Waals surface area contributed by atoms with Gasteiger partial charge in [0, 0.05) is 6.54 Å². The van der Waals surface area contributed by atoms with Crippen LogP contribution in [-0.2, 0) is 6.54 Å². The second-order valence-electron chi connectivity index (χ2n) is 5.04. The maximum atomic E-state index is 5.69. The molecule has 2 aromatic carbocycles. The highest BCUT2D eigenvalue weighted by atomic mass is 16.5. The van der Waals surface area contributed by atoms with Crippen LogP contribution in [-0.4, -0.2) is 20.3 Å². The highest BCUT2D eigenvalue weighted by Gasteiger charge is 1.96. The van der Waals surface area contributed by atoms with Crippen LogP contribution >= 0.6 is 0 Å². The number of hydrogen-bond acceptors (Lipinski definition) is 3. The lowest BCUT2D eigenvalue weighted by Gasteiger charge is -2.08. The summed E-state index contributed by atoms with van der Waals surface area (Å²) >= 11 is 0. The van der Waals surface area contributed by atoms with Crippen LogP contribution in [0.5, 0.6) is 11.5 Å². The van der Waals surface area contributed by atoms with Gasteiger partial charge in [0.2, 0.25) is 0 Å². The van der Waals surface area contributed by atoms with Crippen LogP contribution in [0, 0.1) is 6.92 Å². The molecule has 0 aromatic heterocycles. The molecule has 2 rings (SSSR count). The lowest BCUT2D eigenvalue weighted by atomic mass is 10.2. The minimum atomic E-state index is 0.735. The molecule has 0 amide bonds. The fourth-order valence-corrected chi connectivity index (χ4v) is 2.00. The van der Waals surface area contributed by atoms with Gasteiger partial charge in [0.1, 0.15) is 11.5 Å². The summed E-state index contributed by atoms with van der Waals surface area (Å²) in [5.74, 6) is 1.83. The number of hydrogen-bond donors (Lipinski definition) is 1. The number of rotatable bonds is 8. The van der Waals surface area contributed by atoms with E-state index in [9.17, 15) is 0 Å². The van der Waals surface area contributed by atoms with Crippen molar-refractivity contribution in [1.82, 2.24) is 5.32 Å². The molecule has 1 N–H and O–H groups in total. The molecule has 0 fully saturated rings. The van der Waals surface area contributed by atoms with E-state index in [2.05, 4.69) is 36.5 Å². The van der Waals surface area contributed by atoms with E-state index < -0.39 is 0 Å². The zero-order valence-electron chi connectivity index (χ0n) is 12.8. The SMILES string of the molecule is COc1ccc(CNCCCOc2ccc(C)cc2)cc1. The summed E-state index contributed by atoms with van der Waals surface area (Å²) in [6.45, 7) is 4.62. The van der Waals surface area contributed by atoms with Crippen molar-refractivity contribution in [2.45, 2.75) is 19.9 Å². The Hall–Kier alpha value is -2.00. The number of methoxy groups -OCH3 is 1. The number of aryl methyl sites for hydroxylation is 1. The van der Waals surface area contributed by atoms with Crippen molar-refractivity contribution in [2.75, 3.05) is 20.3 Å². The first-order valence-corrected chi connectivity index (χ1v) is 7.31. The van der Waals surface area contributed by atoms with Crippen LogP contribution < -0.4 is 14.8 Å². The Morgan fingerprint density at radius 1 is 0.905 bits per heavy atom. The summed E-state index contributed by atoms with van der Waals surface area (Å²) in [4.78, 5) is 0. The molecule has 0 unspecified atom stereocenters. The molecule has 3 heteroatoms. The second kappa shape index (κ2) is 8.32. The monoisotopic (exact) mass is 285 g/mol. The number of benzene rings is 2. The van der Waals surface area contributed by atoms with Gasteiger partial charge in [-0.05, 0) is 49.7 Å². The van der Waals surface area contributed by atoms with E-state index in [1.807, 2.05) is 24.3 Å². The van der Waals surface area contributed by atoms with Gasteiger partial charge in [-0.2, -0.15) is 0 Å². The van der Waals surface area contributed by atoms with Crippen LogP contribution in [0.1, 0.15) is 17.5 Å². The van der Waals surface area contributed by atoms with Crippen LogP contribution in [0.3, 0.4) is 0 Å². The van der Waals surface area contributed by atoms with Crippen LogP contribution in [0.15, 0.2) is 48.5 Å². The summed E-state index contributed by atoms with van der Waals surface area (Å²) in [5.41, 5.74) is 2.51. The molecule has 0 heterocycles. The van der Waals surface area contributed by atoms with Gasteiger partial charge in [-0.3, -0.25) is 0 Å². The van der Waals surface area contributed by atoms with Gasteiger partial charge in [0.05, 0.1) is 13.7 Å². The van der Waals surface area contributed by atoms with E-state index in [0.29, 0.717) is 0 Å². The summed E-state index contributed by atoms with van der Waals surface area (Å²) in [5, 5.41) is 3.41. The Bertz CT molecular complexity index is 520. The molecular formula is C18H23NO2. The van der Waals surface area contributed by atoms with Crippen molar-refractivity contribution in [1.29, 1.82) is 0 Å². The highest BCUT2D eigenvalue weighted by Crippen LogP contribution is 2.12. The predicted molar refractivity (Wildman–Crippen MR) is 86.0 cm³/mol. The Kier molecular flexibility index (Phi) is 6.10. The van der Waals surface area contributed by atoms with Crippen LogP contribution in [0.4, 0.5) is 0 Å². The van der Waals surface area contributed by atoms with Gasteiger partial charge in [0.25, 0.3) is 0 Å². The zero-order chi connectivity index (χ0) is 14.9. The number of ether oxygens (including phenoxy) is 2. The van der Waals surface area contributed by atoms with E-state index in [1.54, 1.807) is 7.11 Å². The molecule has 0 aliphatic heterocycles. The van der Waals surface area contributed by atoms with Crippen molar-refractivity contribution in [3.8, 4) is 11.5 Å². The normalized spacial score (nSPS) is 10.4. The van der Waals surface area contributed by atoms with Gasteiger partial charge in [0.15, 0.2) is 0 Å².